The Morgan fingerprint density at radius 1 is 1.12 bits per heavy atom. The molecule has 6 heteroatoms. The summed E-state index contributed by atoms with van der Waals surface area (Å²) in [7, 11) is 0. The van der Waals surface area contributed by atoms with Crippen molar-refractivity contribution >= 4 is 22.9 Å². The zero-order chi connectivity index (χ0) is 23.7. The van der Waals surface area contributed by atoms with Crippen LogP contribution >= 0.6 is 0 Å². The van der Waals surface area contributed by atoms with E-state index in [0.717, 1.165) is 36.8 Å². The maximum Gasteiger partial charge on any atom is 0.271 e. The predicted octanol–water partition coefficient (Wildman–Crippen LogP) is 5.48. The summed E-state index contributed by atoms with van der Waals surface area (Å²) < 4.78 is 7.55. The molecule has 2 aliphatic rings. The fourth-order valence-corrected chi connectivity index (χ4v) is 5.66. The van der Waals surface area contributed by atoms with Crippen LogP contribution in [0.2, 0.25) is 0 Å². The molecule has 1 aromatic carbocycles. The van der Waals surface area contributed by atoms with Gasteiger partial charge in [-0.1, -0.05) is 69.4 Å². The van der Waals surface area contributed by atoms with Crippen LogP contribution in [0, 0.1) is 0 Å². The second-order valence-electron chi connectivity index (χ2n) is 10.3. The molecule has 34 heavy (non-hydrogen) atoms. The fraction of sp³-hybridized carbons (Fsp3) is 0.500. The Hall–Kier alpha value is -3.02. The van der Waals surface area contributed by atoms with Gasteiger partial charge in [-0.2, -0.15) is 0 Å². The van der Waals surface area contributed by atoms with Crippen molar-refractivity contribution in [1.82, 2.24) is 14.8 Å². The number of amides is 2. The smallest absolute Gasteiger partial charge is 0.271 e. The maximum absolute atomic E-state index is 13.9. The Kier molecular flexibility index (Phi) is 6.24. The largest absolute Gasteiger partial charge is 0.463 e. The average Bonchev–Trinajstić information content (AvgIpc) is 3.41. The Balaban J connectivity index is 1.47. The molecule has 5 rings (SSSR count). The number of benzene rings is 1. The monoisotopic (exact) mass is 461 g/mol. The summed E-state index contributed by atoms with van der Waals surface area (Å²) in [5.41, 5.74) is 2.31. The minimum atomic E-state index is -0.987. The van der Waals surface area contributed by atoms with Crippen LogP contribution in [0.3, 0.4) is 0 Å². The minimum Gasteiger partial charge on any atom is -0.463 e. The van der Waals surface area contributed by atoms with E-state index < -0.39 is 5.54 Å². The van der Waals surface area contributed by atoms with Crippen LogP contribution in [0.15, 0.2) is 53.1 Å². The van der Waals surface area contributed by atoms with Crippen LogP contribution in [0.1, 0.15) is 80.8 Å². The number of nitrogens with zero attached hydrogens (tertiary/aromatic N) is 2. The first-order valence-corrected chi connectivity index (χ1v) is 12.7. The molecule has 3 aromatic rings. The van der Waals surface area contributed by atoms with E-state index in [1.807, 2.05) is 41.8 Å². The number of aromatic nitrogens is 1. The van der Waals surface area contributed by atoms with Gasteiger partial charge in [-0.15, -0.1) is 0 Å². The molecule has 1 aliphatic heterocycles. The van der Waals surface area contributed by atoms with Gasteiger partial charge in [0.15, 0.2) is 5.58 Å². The number of nitrogens with one attached hydrogen (secondary N) is 1. The van der Waals surface area contributed by atoms with E-state index in [-0.39, 0.29) is 23.8 Å². The topological polar surface area (TPSA) is 67.5 Å². The summed E-state index contributed by atoms with van der Waals surface area (Å²) in [4.78, 5) is 29.6. The van der Waals surface area contributed by atoms with Crippen molar-refractivity contribution in [3.8, 4) is 0 Å². The number of fused-ring (bicyclic) bond motifs is 3. The Labute approximate surface area is 201 Å². The maximum atomic E-state index is 13.9. The lowest BCUT2D eigenvalue weighted by Gasteiger charge is -2.45. The number of hydrogen-bond donors (Lipinski definition) is 1. The molecule has 0 spiro atoms. The van der Waals surface area contributed by atoms with Gasteiger partial charge in [-0.3, -0.25) is 9.59 Å². The Bertz CT molecular complexity index is 1160. The zero-order valence-electron chi connectivity index (χ0n) is 20.3. The van der Waals surface area contributed by atoms with Crippen molar-refractivity contribution in [2.45, 2.75) is 82.8 Å². The van der Waals surface area contributed by atoms with Gasteiger partial charge in [0.05, 0.1) is 18.3 Å². The first-order chi connectivity index (χ1) is 16.5. The van der Waals surface area contributed by atoms with E-state index in [1.54, 1.807) is 11.2 Å². The SMILES string of the molecule is CC(CN1C(=O)c2cc3occc3n2CC1(C)C(=O)NC1CCCCCCC1)c1ccccc1. The molecule has 1 aliphatic carbocycles. The molecule has 1 fully saturated rings. The first kappa shape index (κ1) is 22.8. The molecule has 180 valence electrons. The molecule has 1 N–H and O–H groups in total. The predicted molar refractivity (Wildman–Crippen MR) is 133 cm³/mol. The highest BCUT2D eigenvalue weighted by molar-refractivity contribution is 6.03. The molecule has 0 bridgehead atoms. The summed E-state index contributed by atoms with van der Waals surface area (Å²) in [5.74, 6) is -0.0680. The van der Waals surface area contributed by atoms with E-state index in [0.29, 0.717) is 24.4 Å². The molecule has 1 saturated carbocycles. The molecule has 6 nitrogen and oxygen atoms in total. The van der Waals surface area contributed by atoms with Crippen LogP contribution in [0.25, 0.3) is 11.1 Å². The molecule has 3 heterocycles. The van der Waals surface area contributed by atoms with Crippen molar-refractivity contribution in [3.05, 3.63) is 60.0 Å². The van der Waals surface area contributed by atoms with Gasteiger partial charge < -0.3 is 19.2 Å². The van der Waals surface area contributed by atoms with Crippen LogP contribution in [-0.4, -0.2) is 39.4 Å². The summed E-state index contributed by atoms with van der Waals surface area (Å²) in [6, 6.07) is 14.1. The van der Waals surface area contributed by atoms with Crippen molar-refractivity contribution in [2.75, 3.05) is 6.54 Å². The van der Waals surface area contributed by atoms with E-state index in [2.05, 4.69) is 24.4 Å². The summed E-state index contributed by atoms with van der Waals surface area (Å²) in [6.07, 6.45) is 9.70. The third-order valence-electron chi connectivity index (χ3n) is 7.80. The van der Waals surface area contributed by atoms with E-state index in [9.17, 15) is 9.59 Å². The van der Waals surface area contributed by atoms with Crippen molar-refractivity contribution < 1.29 is 14.0 Å². The Morgan fingerprint density at radius 3 is 2.56 bits per heavy atom. The zero-order valence-corrected chi connectivity index (χ0v) is 20.3. The quantitative estimate of drug-likeness (QED) is 0.547. The molecular weight excluding hydrogens is 426 g/mol. The normalized spacial score (nSPS) is 22.8. The third-order valence-corrected chi connectivity index (χ3v) is 7.80. The van der Waals surface area contributed by atoms with Crippen LogP contribution in [-0.2, 0) is 11.3 Å². The summed E-state index contributed by atoms with van der Waals surface area (Å²) >= 11 is 0. The van der Waals surface area contributed by atoms with Crippen LogP contribution < -0.4 is 5.32 Å². The van der Waals surface area contributed by atoms with Crippen molar-refractivity contribution in [3.63, 3.8) is 0 Å². The number of hydrogen-bond acceptors (Lipinski definition) is 3. The lowest BCUT2D eigenvalue weighted by Crippen LogP contribution is -2.65. The second-order valence-corrected chi connectivity index (χ2v) is 10.3. The van der Waals surface area contributed by atoms with Gasteiger partial charge in [0.25, 0.3) is 5.91 Å². The lowest BCUT2D eigenvalue weighted by molar-refractivity contribution is -0.133. The highest BCUT2D eigenvalue weighted by Gasteiger charge is 2.48. The van der Waals surface area contributed by atoms with Crippen LogP contribution in [0.4, 0.5) is 0 Å². The molecular formula is C28H35N3O3. The highest BCUT2D eigenvalue weighted by atomic mass is 16.3. The number of carbonyl (C=O) groups is 2. The van der Waals surface area contributed by atoms with Crippen LogP contribution in [0.5, 0.6) is 0 Å². The van der Waals surface area contributed by atoms with Gasteiger partial charge in [-0.05, 0) is 31.2 Å². The third kappa shape index (κ3) is 4.15. The minimum absolute atomic E-state index is 0.0531. The molecule has 2 amide bonds. The standard InChI is InChI=1S/C28H35N3O3/c1-20(21-11-7-6-8-12-21)18-31-26(32)24-17-25-23(15-16-34-25)30(24)19-28(31,2)27(33)29-22-13-9-4-3-5-10-14-22/h6-8,11-12,15-17,20,22H,3-5,9-10,13-14,18-19H2,1-2H3,(H,29,33). The molecule has 2 unspecified atom stereocenters. The van der Waals surface area contributed by atoms with Crippen molar-refractivity contribution in [2.24, 2.45) is 0 Å². The number of rotatable bonds is 5. The first-order valence-electron chi connectivity index (χ1n) is 12.7. The molecule has 0 saturated heterocycles. The Morgan fingerprint density at radius 2 is 1.82 bits per heavy atom. The van der Waals surface area contributed by atoms with Gasteiger partial charge in [0.2, 0.25) is 5.91 Å². The highest BCUT2D eigenvalue weighted by Crippen LogP contribution is 2.34. The van der Waals surface area contributed by atoms with Gasteiger partial charge in [-0.25, -0.2) is 0 Å². The van der Waals surface area contributed by atoms with Gasteiger partial charge >= 0.3 is 0 Å². The van der Waals surface area contributed by atoms with Crippen molar-refractivity contribution in [1.29, 1.82) is 0 Å². The number of carbonyl (C=O) groups excluding carboxylic acids is 2. The molecule has 0 radical (unpaired) electrons. The average molecular weight is 462 g/mol. The molecule has 2 aromatic heterocycles. The summed E-state index contributed by atoms with van der Waals surface area (Å²) in [6.45, 7) is 4.94. The van der Waals surface area contributed by atoms with E-state index in [1.165, 1.54) is 19.3 Å². The second kappa shape index (κ2) is 9.32. The lowest BCUT2D eigenvalue weighted by atomic mass is 9.90. The fourth-order valence-electron chi connectivity index (χ4n) is 5.66. The molecule has 2 atom stereocenters. The number of furan rings is 1. The van der Waals surface area contributed by atoms with Gasteiger partial charge in [0, 0.05) is 24.7 Å². The van der Waals surface area contributed by atoms with E-state index >= 15 is 0 Å². The summed E-state index contributed by atoms with van der Waals surface area (Å²) in [5, 5.41) is 3.36. The van der Waals surface area contributed by atoms with E-state index in [4.69, 9.17) is 4.42 Å². The van der Waals surface area contributed by atoms with Gasteiger partial charge in [0.1, 0.15) is 11.2 Å².